The number of rotatable bonds is 5. The first-order valence-corrected chi connectivity index (χ1v) is 7.60. The number of aryl methyl sites for hydroxylation is 1. The zero-order chi connectivity index (χ0) is 16.9. The summed E-state index contributed by atoms with van der Waals surface area (Å²) in [6.45, 7) is 2.28. The summed E-state index contributed by atoms with van der Waals surface area (Å²) < 4.78 is 5.80. The molecule has 0 atom stereocenters. The van der Waals surface area contributed by atoms with Crippen molar-refractivity contribution in [3.05, 3.63) is 83.7 Å². The average molecular weight is 319 g/mol. The van der Waals surface area contributed by atoms with Crippen LogP contribution in [0.3, 0.4) is 0 Å². The largest absolute Gasteiger partial charge is 0.489 e. The van der Waals surface area contributed by atoms with Crippen molar-refractivity contribution < 1.29 is 14.6 Å². The molecule has 0 bridgehead atoms. The van der Waals surface area contributed by atoms with Crippen molar-refractivity contribution in [3.63, 3.8) is 0 Å². The van der Waals surface area contributed by atoms with E-state index in [9.17, 15) is 9.90 Å². The van der Waals surface area contributed by atoms with Crippen LogP contribution in [-0.4, -0.2) is 16.1 Å². The monoisotopic (exact) mass is 319 g/mol. The first kappa shape index (κ1) is 15.7. The molecule has 2 aromatic carbocycles. The van der Waals surface area contributed by atoms with Gasteiger partial charge in [0.25, 0.3) is 0 Å². The van der Waals surface area contributed by atoms with Gasteiger partial charge in [-0.05, 0) is 42.3 Å². The number of benzene rings is 2. The molecule has 0 aliphatic carbocycles. The van der Waals surface area contributed by atoms with E-state index in [1.54, 1.807) is 18.3 Å². The fraction of sp³-hybridized carbons (Fsp3) is 0.100. The number of nitrogens with zero attached hydrogens (tertiary/aromatic N) is 1. The average Bonchev–Trinajstić information content (AvgIpc) is 2.61. The fourth-order valence-corrected chi connectivity index (χ4v) is 2.49. The molecule has 0 spiro atoms. The minimum atomic E-state index is -0.983. The fourth-order valence-electron chi connectivity index (χ4n) is 2.49. The van der Waals surface area contributed by atoms with E-state index in [2.05, 4.69) is 4.98 Å². The Labute approximate surface area is 140 Å². The molecular formula is C20H17NO3. The van der Waals surface area contributed by atoms with Crippen molar-refractivity contribution in [2.24, 2.45) is 0 Å². The highest BCUT2D eigenvalue weighted by atomic mass is 16.5. The molecule has 4 heteroatoms. The van der Waals surface area contributed by atoms with Gasteiger partial charge in [-0.3, -0.25) is 4.98 Å². The lowest BCUT2D eigenvalue weighted by Gasteiger charge is -2.11. The molecule has 1 aromatic heterocycles. The minimum Gasteiger partial charge on any atom is -0.489 e. The van der Waals surface area contributed by atoms with Gasteiger partial charge in [-0.1, -0.05) is 36.4 Å². The molecule has 24 heavy (non-hydrogen) atoms. The number of ether oxygens (including phenoxy) is 1. The molecule has 3 aromatic rings. The zero-order valence-corrected chi connectivity index (χ0v) is 13.3. The normalized spacial score (nSPS) is 10.4. The Morgan fingerprint density at radius 1 is 1.08 bits per heavy atom. The molecule has 1 heterocycles. The summed E-state index contributed by atoms with van der Waals surface area (Å²) in [7, 11) is 0. The minimum absolute atomic E-state index is 0.193. The van der Waals surface area contributed by atoms with Crippen molar-refractivity contribution in [1.82, 2.24) is 4.98 Å². The second kappa shape index (κ2) is 6.96. The van der Waals surface area contributed by atoms with Gasteiger partial charge >= 0.3 is 5.97 Å². The van der Waals surface area contributed by atoms with Crippen molar-refractivity contribution in [1.29, 1.82) is 0 Å². The highest BCUT2D eigenvalue weighted by molar-refractivity contribution is 5.90. The molecule has 0 saturated carbocycles. The van der Waals surface area contributed by atoms with Crippen LogP contribution < -0.4 is 4.74 Å². The summed E-state index contributed by atoms with van der Waals surface area (Å²) in [6.07, 6.45) is 1.71. The van der Waals surface area contributed by atoms with E-state index in [4.69, 9.17) is 4.74 Å². The Kier molecular flexibility index (Phi) is 4.57. The SMILES string of the molecule is Cc1ncccc1-c1cc(OCc2ccccc2)cc(C(=O)O)c1. The van der Waals surface area contributed by atoms with Crippen LogP contribution in [0.4, 0.5) is 0 Å². The number of hydrogen-bond donors (Lipinski definition) is 1. The number of aromatic carboxylic acids is 1. The van der Waals surface area contributed by atoms with Crippen LogP contribution in [0.15, 0.2) is 66.9 Å². The van der Waals surface area contributed by atoms with Crippen LogP contribution in [0.1, 0.15) is 21.6 Å². The number of carboxylic acids is 1. The predicted octanol–water partition coefficient (Wildman–Crippen LogP) is 4.33. The van der Waals surface area contributed by atoms with E-state index in [1.165, 1.54) is 0 Å². The van der Waals surface area contributed by atoms with Gasteiger partial charge in [-0.15, -0.1) is 0 Å². The number of hydrogen-bond acceptors (Lipinski definition) is 3. The van der Waals surface area contributed by atoms with E-state index in [1.807, 2.05) is 55.5 Å². The Hall–Kier alpha value is -3.14. The highest BCUT2D eigenvalue weighted by Crippen LogP contribution is 2.28. The maximum Gasteiger partial charge on any atom is 0.335 e. The van der Waals surface area contributed by atoms with Crippen LogP contribution in [0.2, 0.25) is 0 Å². The van der Waals surface area contributed by atoms with Gasteiger partial charge in [0.2, 0.25) is 0 Å². The van der Waals surface area contributed by atoms with Gasteiger partial charge in [0.05, 0.1) is 5.56 Å². The van der Waals surface area contributed by atoms with Gasteiger partial charge < -0.3 is 9.84 Å². The molecule has 4 nitrogen and oxygen atoms in total. The maximum atomic E-state index is 11.4. The number of carbonyl (C=O) groups is 1. The van der Waals surface area contributed by atoms with Gasteiger partial charge in [0.15, 0.2) is 0 Å². The van der Waals surface area contributed by atoms with E-state index < -0.39 is 5.97 Å². The molecule has 0 unspecified atom stereocenters. The topological polar surface area (TPSA) is 59.4 Å². The van der Waals surface area contributed by atoms with E-state index in [-0.39, 0.29) is 5.56 Å². The third-order valence-corrected chi connectivity index (χ3v) is 3.72. The first-order valence-electron chi connectivity index (χ1n) is 7.60. The summed E-state index contributed by atoms with van der Waals surface area (Å²) in [4.78, 5) is 15.7. The highest BCUT2D eigenvalue weighted by Gasteiger charge is 2.11. The molecule has 0 fully saturated rings. The van der Waals surface area contributed by atoms with E-state index in [0.717, 1.165) is 22.4 Å². The molecule has 0 amide bonds. The number of carboxylic acid groups (broad SMARTS) is 1. The first-order chi connectivity index (χ1) is 11.6. The second-order valence-corrected chi connectivity index (χ2v) is 5.46. The molecule has 0 saturated heterocycles. The van der Waals surface area contributed by atoms with Crippen LogP contribution in [0.25, 0.3) is 11.1 Å². The number of aromatic nitrogens is 1. The molecule has 0 aliphatic rings. The lowest BCUT2D eigenvalue weighted by atomic mass is 10.0. The number of pyridine rings is 1. The van der Waals surface area contributed by atoms with Gasteiger partial charge in [-0.2, -0.15) is 0 Å². The van der Waals surface area contributed by atoms with E-state index >= 15 is 0 Å². The maximum absolute atomic E-state index is 11.4. The summed E-state index contributed by atoms with van der Waals surface area (Å²) in [5.41, 5.74) is 3.74. The van der Waals surface area contributed by atoms with Gasteiger partial charge in [0, 0.05) is 17.5 Å². The molecular weight excluding hydrogens is 302 g/mol. The lowest BCUT2D eigenvalue weighted by molar-refractivity contribution is 0.0696. The predicted molar refractivity (Wildman–Crippen MR) is 92.1 cm³/mol. The van der Waals surface area contributed by atoms with Crippen LogP contribution in [0, 0.1) is 6.92 Å². The Bertz CT molecular complexity index is 860. The smallest absolute Gasteiger partial charge is 0.335 e. The lowest BCUT2D eigenvalue weighted by Crippen LogP contribution is -2.01. The molecule has 120 valence electrons. The van der Waals surface area contributed by atoms with Gasteiger partial charge in [-0.25, -0.2) is 4.79 Å². The van der Waals surface area contributed by atoms with Crippen LogP contribution in [-0.2, 0) is 6.61 Å². The molecule has 0 aliphatic heterocycles. The third-order valence-electron chi connectivity index (χ3n) is 3.72. The second-order valence-electron chi connectivity index (χ2n) is 5.46. The van der Waals surface area contributed by atoms with E-state index in [0.29, 0.717) is 12.4 Å². The Morgan fingerprint density at radius 2 is 1.88 bits per heavy atom. The molecule has 0 radical (unpaired) electrons. The molecule has 3 rings (SSSR count). The quantitative estimate of drug-likeness (QED) is 0.760. The van der Waals surface area contributed by atoms with Crippen molar-refractivity contribution in [3.8, 4) is 16.9 Å². The van der Waals surface area contributed by atoms with Crippen LogP contribution in [0.5, 0.6) is 5.75 Å². The summed E-state index contributed by atoms with van der Waals surface area (Å²) in [5, 5.41) is 9.36. The standard InChI is InChI=1S/C20H17NO3/c1-14-19(8-5-9-21-14)16-10-17(20(22)23)12-18(11-16)24-13-15-6-3-2-4-7-15/h2-12H,13H2,1H3,(H,22,23). The zero-order valence-electron chi connectivity index (χ0n) is 13.3. The Balaban J connectivity index is 1.94. The summed E-state index contributed by atoms with van der Waals surface area (Å²) in [6, 6.07) is 18.5. The van der Waals surface area contributed by atoms with Crippen molar-refractivity contribution >= 4 is 5.97 Å². The summed E-state index contributed by atoms with van der Waals surface area (Å²) in [5.74, 6) is -0.458. The Morgan fingerprint density at radius 3 is 2.58 bits per heavy atom. The van der Waals surface area contributed by atoms with Crippen LogP contribution >= 0.6 is 0 Å². The third kappa shape index (κ3) is 3.60. The van der Waals surface area contributed by atoms with Crippen molar-refractivity contribution in [2.75, 3.05) is 0 Å². The van der Waals surface area contributed by atoms with Gasteiger partial charge in [0.1, 0.15) is 12.4 Å². The van der Waals surface area contributed by atoms with Crippen molar-refractivity contribution in [2.45, 2.75) is 13.5 Å². The summed E-state index contributed by atoms with van der Waals surface area (Å²) >= 11 is 0. The molecule has 1 N–H and O–H groups in total.